The molecule has 0 fully saturated rings. The van der Waals surface area contributed by atoms with E-state index in [-0.39, 0.29) is 29.9 Å². The van der Waals surface area contributed by atoms with E-state index in [9.17, 15) is 13.6 Å². The number of hydrogen-bond acceptors (Lipinski definition) is 2. The summed E-state index contributed by atoms with van der Waals surface area (Å²) >= 11 is 0. The van der Waals surface area contributed by atoms with E-state index >= 15 is 0 Å². The maximum absolute atomic E-state index is 12.4. The largest absolute Gasteiger partial charge is 0.435 e. The third kappa shape index (κ3) is 4.94. The maximum Gasteiger partial charge on any atom is 0.387 e. The summed E-state index contributed by atoms with van der Waals surface area (Å²) in [6, 6.07) is 0. The Kier molecular flexibility index (Phi) is 6.68. The summed E-state index contributed by atoms with van der Waals surface area (Å²) in [5.74, 6) is -0.0995. The van der Waals surface area contributed by atoms with E-state index in [0.29, 0.717) is 0 Å². The number of hydrogen-bond donors (Lipinski definition) is 1. The van der Waals surface area contributed by atoms with Crippen LogP contribution in [0.3, 0.4) is 0 Å². The van der Waals surface area contributed by atoms with E-state index in [1.807, 2.05) is 13.8 Å². The molecule has 0 aromatic rings. The average molecular weight is 287 g/mol. The molecule has 1 rings (SSSR count). The molecule has 5 heteroatoms. The second kappa shape index (κ2) is 8.02. The van der Waals surface area contributed by atoms with Crippen molar-refractivity contribution in [3.63, 3.8) is 0 Å². The molecule has 1 aliphatic rings. The molecule has 0 aromatic carbocycles. The number of halogens is 2. The maximum atomic E-state index is 12.4. The summed E-state index contributed by atoms with van der Waals surface area (Å²) < 4.78 is 29.3. The summed E-state index contributed by atoms with van der Waals surface area (Å²) in [5.41, 5.74) is 6.31. The lowest BCUT2D eigenvalue weighted by Crippen LogP contribution is -2.26. The Morgan fingerprint density at radius 3 is 2.60 bits per heavy atom. The van der Waals surface area contributed by atoms with Gasteiger partial charge in [-0.15, -0.1) is 0 Å². The Morgan fingerprint density at radius 2 is 2.10 bits per heavy atom. The minimum absolute atomic E-state index is 0.0115. The number of primary amides is 1. The summed E-state index contributed by atoms with van der Waals surface area (Å²) in [6.07, 6.45) is 7.02. The van der Waals surface area contributed by atoms with E-state index < -0.39 is 6.61 Å². The van der Waals surface area contributed by atoms with Gasteiger partial charge in [0, 0.05) is 6.42 Å². The van der Waals surface area contributed by atoms with Crippen LogP contribution in [-0.4, -0.2) is 12.5 Å². The Labute approximate surface area is 118 Å². The first kappa shape index (κ1) is 16.7. The van der Waals surface area contributed by atoms with Crippen molar-refractivity contribution in [2.45, 2.75) is 52.6 Å². The smallest absolute Gasteiger partial charge is 0.387 e. The zero-order valence-electron chi connectivity index (χ0n) is 12.1. The van der Waals surface area contributed by atoms with Gasteiger partial charge in [-0.25, -0.2) is 0 Å². The van der Waals surface area contributed by atoms with Gasteiger partial charge in [0.2, 0.25) is 5.91 Å². The van der Waals surface area contributed by atoms with Gasteiger partial charge in [0.05, 0.1) is 0 Å². The van der Waals surface area contributed by atoms with Crippen LogP contribution in [-0.2, 0) is 9.53 Å². The summed E-state index contributed by atoms with van der Waals surface area (Å²) in [7, 11) is 0. The first-order valence-corrected chi connectivity index (χ1v) is 7.13. The number of nitrogens with two attached hydrogens (primary N) is 1. The topological polar surface area (TPSA) is 52.3 Å². The van der Waals surface area contributed by atoms with Crippen molar-refractivity contribution in [1.29, 1.82) is 0 Å². The molecule has 20 heavy (non-hydrogen) atoms. The molecule has 3 nitrogen and oxygen atoms in total. The quantitative estimate of drug-likeness (QED) is 0.739. The van der Waals surface area contributed by atoms with Crippen LogP contribution in [0.1, 0.15) is 46.0 Å². The van der Waals surface area contributed by atoms with Gasteiger partial charge in [0.25, 0.3) is 0 Å². The lowest BCUT2D eigenvalue weighted by atomic mass is 9.76. The fourth-order valence-corrected chi connectivity index (χ4v) is 2.78. The first-order chi connectivity index (χ1) is 9.47. The number of amides is 1. The number of rotatable bonds is 8. The predicted octanol–water partition coefficient (Wildman–Crippen LogP) is 3.76. The monoisotopic (exact) mass is 287 g/mol. The van der Waals surface area contributed by atoms with E-state index in [0.717, 1.165) is 31.3 Å². The summed E-state index contributed by atoms with van der Waals surface area (Å²) in [6.45, 7) is 1.22. The second-order valence-electron chi connectivity index (χ2n) is 5.15. The Balaban J connectivity index is 2.99. The van der Waals surface area contributed by atoms with E-state index in [1.165, 1.54) is 0 Å². The van der Waals surface area contributed by atoms with Gasteiger partial charge in [-0.05, 0) is 36.8 Å². The highest BCUT2D eigenvalue weighted by Crippen LogP contribution is 2.37. The highest BCUT2D eigenvalue weighted by atomic mass is 19.3. The van der Waals surface area contributed by atoms with Crippen LogP contribution in [0.2, 0.25) is 0 Å². The first-order valence-electron chi connectivity index (χ1n) is 7.13. The molecule has 0 aromatic heterocycles. The molecule has 1 aliphatic carbocycles. The number of ether oxygens (including phenoxy) is 1. The molecule has 0 saturated carbocycles. The van der Waals surface area contributed by atoms with Gasteiger partial charge >= 0.3 is 6.61 Å². The number of alkyl halides is 2. The number of allylic oxidation sites excluding steroid dienone is 3. The summed E-state index contributed by atoms with van der Waals surface area (Å²) in [5, 5.41) is 0. The standard InChI is InChI=1S/C15H23F2NO2/c1-3-5-10-7-12(20-15(16)17)8-11(6-4-2)13(10)9-14(18)19/h7-8,10,13,15H,3-6,9H2,1-2H3,(H2,18,19). The van der Waals surface area contributed by atoms with Crippen LogP contribution in [0, 0.1) is 11.8 Å². The summed E-state index contributed by atoms with van der Waals surface area (Å²) in [4.78, 5) is 11.2. The minimum atomic E-state index is -2.82. The van der Waals surface area contributed by atoms with Gasteiger partial charge < -0.3 is 10.5 Å². The highest BCUT2D eigenvalue weighted by Gasteiger charge is 2.29. The molecule has 0 aliphatic heterocycles. The van der Waals surface area contributed by atoms with Gasteiger partial charge in [0.1, 0.15) is 5.76 Å². The molecule has 2 N–H and O–H groups in total. The average Bonchev–Trinajstić information content (AvgIpc) is 2.33. The molecule has 0 spiro atoms. The van der Waals surface area contributed by atoms with E-state index in [1.54, 1.807) is 12.2 Å². The number of carbonyl (C=O) groups excluding carboxylic acids is 1. The molecule has 0 saturated heterocycles. The van der Waals surface area contributed by atoms with E-state index in [4.69, 9.17) is 5.73 Å². The second-order valence-corrected chi connectivity index (χ2v) is 5.15. The van der Waals surface area contributed by atoms with Crippen molar-refractivity contribution in [3.8, 4) is 0 Å². The third-order valence-electron chi connectivity index (χ3n) is 3.51. The van der Waals surface area contributed by atoms with Crippen molar-refractivity contribution in [2.75, 3.05) is 0 Å². The lowest BCUT2D eigenvalue weighted by Gasteiger charge is -2.30. The lowest BCUT2D eigenvalue weighted by molar-refractivity contribution is -0.119. The Hall–Kier alpha value is -1.39. The van der Waals surface area contributed by atoms with Crippen LogP contribution in [0.4, 0.5) is 8.78 Å². The van der Waals surface area contributed by atoms with Gasteiger partial charge in [-0.2, -0.15) is 8.78 Å². The molecule has 114 valence electrons. The van der Waals surface area contributed by atoms with Crippen LogP contribution in [0.25, 0.3) is 0 Å². The van der Waals surface area contributed by atoms with Crippen molar-refractivity contribution in [2.24, 2.45) is 17.6 Å². The fourth-order valence-electron chi connectivity index (χ4n) is 2.78. The predicted molar refractivity (Wildman–Crippen MR) is 73.9 cm³/mol. The zero-order valence-corrected chi connectivity index (χ0v) is 12.1. The Morgan fingerprint density at radius 1 is 1.40 bits per heavy atom. The molecule has 0 heterocycles. The van der Waals surface area contributed by atoms with Crippen LogP contribution in [0.5, 0.6) is 0 Å². The molecular weight excluding hydrogens is 264 g/mol. The highest BCUT2D eigenvalue weighted by molar-refractivity contribution is 5.74. The van der Waals surface area contributed by atoms with Gasteiger partial charge in [0.15, 0.2) is 0 Å². The van der Waals surface area contributed by atoms with Gasteiger partial charge in [-0.1, -0.05) is 32.3 Å². The van der Waals surface area contributed by atoms with Crippen molar-refractivity contribution in [1.82, 2.24) is 0 Å². The molecule has 1 amide bonds. The van der Waals surface area contributed by atoms with Crippen molar-refractivity contribution in [3.05, 3.63) is 23.5 Å². The number of carbonyl (C=O) groups is 1. The minimum Gasteiger partial charge on any atom is -0.435 e. The normalized spacial score (nSPS) is 22.4. The molecule has 2 atom stereocenters. The van der Waals surface area contributed by atoms with Crippen molar-refractivity contribution < 1.29 is 18.3 Å². The van der Waals surface area contributed by atoms with Crippen molar-refractivity contribution >= 4 is 5.91 Å². The molecule has 2 unspecified atom stereocenters. The Bertz CT molecular complexity index is 391. The molecular formula is C15H23F2NO2. The SMILES string of the molecule is CCCC1=CC(OC(F)F)=CC(CCC)C1CC(N)=O. The van der Waals surface area contributed by atoms with Gasteiger partial charge in [-0.3, -0.25) is 4.79 Å². The van der Waals surface area contributed by atoms with Crippen LogP contribution in [0.15, 0.2) is 23.5 Å². The fraction of sp³-hybridized carbons (Fsp3) is 0.667. The van der Waals surface area contributed by atoms with Crippen LogP contribution < -0.4 is 5.73 Å². The molecule has 0 bridgehead atoms. The van der Waals surface area contributed by atoms with Crippen LogP contribution >= 0.6 is 0 Å². The third-order valence-corrected chi connectivity index (χ3v) is 3.51. The molecule has 0 radical (unpaired) electrons. The zero-order chi connectivity index (χ0) is 15.1. The van der Waals surface area contributed by atoms with E-state index in [2.05, 4.69) is 4.74 Å².